The van der Waals surface area contributed by atoms with Crippen molar-refractivity contribution in [3.05, 3.63) is 50.4 Å². The summed E-state index contributed by atoms with van der Waals surface area (Å²) in [5.74, 6) is -0.448. The van der Waals surface area contributed by atoms with Gasteiger partial charge in [0.25, 0.3) is 5.69 Å². The second-order valence-electron chi connectivity index (χ2n) is 4.93. The van der Waals surface area contributed by atoms with E-state index in [1.165, 1.54) is 30.6 Å². The fraction of sp³-hybridized carbons (Fsp3) is 0.200. The van der Waals surface area contributed by atoms with Gasteiger partial charge in [0.2, 0.25) is 0 Å². The van der Waals surface area contributed by atoms with Crippen molar-refractivity contribution in [3.8, 4) is 0 Å². The van der Waals surface area contributed by atoms with E-state index in [4.69, 9.17) is 17.0 Å². The zero-order valence-electron chi connectivity index (χ0n) is 13.2. The van der Waals surface area contributed by atoms with E-state index >= 15 is 0 Å². The summed E-state index contributed by atoms with van der Waals surface area (Å²) in [5.41, 5.74) is 1.75. The number of carbonyl (C=O) groups is 1. The van der Waals surface area contributed by atoms with E-state index in [2.05, 4.69) is 10.6 Å². The zero-order chi connectivity index (χ0) is 17.9. The van der Waals surface area contributed by atoms with Gasteiger partial charge in [0.15, 0.2) is 5.11 Å². The third-order valence-electron chi connectivity index (χ3n) is 3.16. The largest absolute Gasteiger partial charge is 0.465 e. The number of nitrogens with zero attached hydrogens (tertiary/aromatic N) is 1. The molecule has 0 amide bonds. The van der Waals surface area contributed by atoms with Crippen molar-refractivity contribution in [1.82, 2.24) is 0 Å². The summed E-state index contributed by atoms with van der Waals surface area (Å²) in [6.45, 7) is 3.62. The van der Waals surface area contributed by atoms with Gasteiger partial charge in [-0.3, -0.25) is 10.1 Å². The molecule has 0 unspecified atom stereocenters. The average Bonchev–Trinajstić information content (AvgIpc) is 2.88. The summed E-state index contributed by atoms with van der Waals surface area (Å²) in [7, 11) is 1.32. The molecule has 0 fully saturated rings. The van der Waals surface area contributed by atoms with Crippen molar-refractivity contribution in [3.63, 3.8) is 0 Å². The highest BCUT2D eigenvalue weighted by Gasteiger charge is 2.16. The number of methoxy groups -OCH3 is 1. The van der Waals surface area contributed by atoms with Crippen LogP contribution in [0.4, 0.5) is 16.4 Å². The summed E-state index contributed by atoms with van der Waals surface area (Å²) in [5, 5.41) is 17.6. The number of hydrogen-bond acceptors (Lipinski definition) is 6. The molecule has 0 aliphatic rings. The molecule has 0 aliphatic heterocycles. The molecule has 1 heterocycles. The SMILES string of the molecule is COC(=O)c1cc(C)sc1NC(=S)Nc1ccc([N+](=O)[O-])cc1C. The summed E-state index contributed by atoms with van der Waals surface area (Å²) in [6.07, 6.45) is 0. The molecular weight excluding hydrogens is 350 g/mol. The number of thiophene rings is 1. The predicted molar refractivity (Wildman–Crippen MR) is 98.1 cm³/mol. The molecule has 9 heteroatoms. The molecule has 0 bridgehead atoms. The highest BCUT2D eigenvalue weighted by atomic mass is 32.1. The van der Waals surface area contributed by atoms with Gasteiger partial charge >= 0.3 is 5.97 Å². The van der Waals surface area contributed by atoms with Crippen LogP contribution < -0.4 is 10.6 Å². The maximum Gasteiger partial charge on any atom is 0.340 e. The average molecular weight is 365 g/mol. The normalized spacial score (nSPS) is 10.1. The summed E-state index contributed by atoms with van der Waals surface area (Å²) in [6, 6.07) is 6.16. The lowest BCUT2D eigenvalue weighted by molar-refractivity contribution is -0.384. The molecule has 1 aromatic carbocycles. The third kappa shape index (κ3) is 4.06. The van der Waals surface area contributed by atoms with E-state index in [0.29, 0.717) is 21.8 Å². The van der Waals surface area contributed by atoms with Crippen molar-refractivity contribution in [2.75, 3.05) is 17.7 Å². The quantitative estimate of drug-likeness (QED) is 0.368. The van der Waals surface area contributed by atoms with Crippen LogP contribution in [0, 0.1) is 24.0 Å². The number of aryl methyl sites for hydroxylation is 2. The van der Waals surface area contributed by atoms with Crippen LogP contribution in [0.3, 0.4) is 0 Å². The lowest BCUT2D eigenvalue weighted by atomic mass is 10.2. The number of nitro benzene ring substituents is 1. The van der Waals surface area contributed by atoms with Crippen LogP contribution in [0.1, 0.15) is 20.8 Å². The van der Waals surface area contributed by atoms with Gasteiger partial charge in [-0.05, 0) is 43.8 Å². The van der Waals surface area contributed by atoms with Gasteiger partial charge in [-0.15, -0.1) is 11.3 Å². The monoisotopic (exact) mass is 365 g/mol. The Labute approximate surface area is 147 Å². The summed E-state index contributed by atoms with van der Waals surface area (Å²) in [4.78, 5) is 23.0. The second-order valence-corrected chi connectivity index (χ2v) is 6.59. The highest BCUT2D eigenvalue weighted by Crippen LogP contribution is 2.28. The number of anilines is 2. The van der Waals surface area contributed by atoms with Gasteiger partial charge in [0, 0.05) is 22.7 Å². The zero-order valence-corrected chi connectivity index (χ0v) is 14.8. The minimum atomic E-state index is -0.454. The van der Waals surface area contributed by atoms with Gasteiger partial charge in [0.05, 0.1) is 17.6 Å². The van der Waals surface area contributed by atoms with E-state index in [1.54, 1.807) is 19.1 Å². The molecule has 2 aromatic rings. The molecule has 0 aliphatic carbocycles. The third-order valence-corrected chi connectivity index (χ3v) is 4.33. The van der Waals surface area contributed by atoms with Crippen LogP contribution in [0.25, 0.3) is 0 Å². The number of thiocarbonyl (C=S) groups is 1. The first-order valence-corrected chi connectivity index (χ1v) is 8.06. The summed E-state index contributed by atoms with van der Waals surface area (Å²) >= 11 is 6.63. The Morgan fingerprint density at radius 3 is 2.58 bits per heavy atom. The van der Waals surface area contributed by atoms with Crippen molar-refractivity contribution in [1.29, 1.82) is 0 Å². The lowest BCUT2D eigenvalue weighted by Gasteiger charge is -2.12. The fourth-order valence-electron chi connectivity index (χ4n) is 2.03. The number of ether oxygens (including phenoxy) is 1. The van der Waals surface area contributed by atoms with Crippen LogP contribution >= 0.6 is 23.6 Å². The van der Waals surface area contributed by atoms with Gasteiger partial charge in [-0.2, -0.15) is 0 Å². The number of nitrogens with one attached hydrogen (secondary N) is 2. The number of carbonyl (C=O) groups excluding carboxylic acids is 1. The van der Waals surface area contributed by atoms with Crippen molar-refractivity contribution >= 4 is 51.0 Å². The van der Waals surface area contributed by atoms with Crippen LogP contribution in [-0.2, 0) is 4.74 Å². The number of non-ortho nitro benzene ring substituents is 1. The van der Waals surface area contributed by atoms with Crippen LogP contribution in [0.2, 0.25) is 0 Å². The first-order valence-electron chi connectivity index (χ1n) is 6.83. The van der Waals surface area contributed by atoms with E-state index in [0.717, 1.165) is 4.88 Å². The summed E-state index contributed by atoms with van der Waals surface area (Å²) < 4.78 is 4.75. The number of benzene rings is 1. The number of esters is 1. The van der Waals surface area contributed by atoms with Crippen molar-refractivity contribution in [2.45, 2.75) is 13.8 Å². The first-order chi connectivity index (χ1) is 11.3. The van der Waals surface area contributed by atoms with Crippen molar-refractivity contribution < 1.29 is 14.5 Å². The van der Waals surface area contributed by atoms with Gasteiger partial charge < -0.3 is 15.4 Å². The highest BCUT2D eigenvalue weighted by molar-refractivity contribution is 7.80. The maximum atomic E-state index is 11.8. The molecule has 0 radical (unpaired) electrons. The number of nitro groups is 1. The standard InChI is InChI=1S/C15H15N3O4S2/c1-8-6-10(18(20)21)4-5-12(8)16-15(23)17-13-11(14(19)22-3)7-9(2)24-13/h4-7H,1-3H3,(H2,16,17,23). The molecule has 24 heavy (non-hydrogen) atoms. The van der Waals surface area contributed by atoms with Gasteiger partial charge in [-0.25, -0.2) is 4.79 Å². The Balaban J connectivity index is 2.14. The van der Waals surface area contributed by atoms with E-state index < -0.39 is 10.9 Å². The van der Waals surface area contributed by atoms with Crippen LogP contribution in [-0.4, -0.2) is 23.1 Å². The van der Waals surface area contributed by atoms with Crippen LogP contribution in [0.5, 0.6) is 0 Å². The Morgan fingerprint density at radius 2 is 2.00 bits per heavy atom. The minimum absolute atomic E-state index is 0.0128. The Bertz CT molecular complexity index is 817. The first kappa shape index (κ1) is 17.8. The lowest BCUT2D eigenvalue weighted by Crippen LogP contribution is -2.20. The molecule has 7 nitrogen and oxygen atoms in total. The van der Waals surface area contributed by atoms with Gasteiger partial charge in [-0.1, -0.05) is 0 Å². The molecule has 1 aromatic heterocycles. The Morgan fingerprint density at radius 1 is 1.29 bits per heavy atom. The van der Waals surface area contributed by atoms with E-state index in [9.17, 15) is 14.9 Å². The fourth-order valence-corrected chi connectivity index (χ4v) is 3.21. The van der Waals surface area contributed by atoms with E-state index in [-0.39, 0.29) is 10.8 Å². The van der Waals surface area contributed by atoms with Crippen molar-refractivity contribution in [2.24, 2.45) is 0 Å². The Kier molecular flexibility index (Phi) is 5.47. The molecule has 126 valence electrons. The number of hydrogen-bond donors (Lipinski definition) is 2. The molecule has 2 N–H and O–H groups in total. The molecule has 0 saturated heterocycles. The molecule has 2 rings (SSSR count). The predicted octanol–water partition coefficient (Wildman–Crippen LogP) is 3.87. The minimum Gasteiger partial charge on any atom is -0.465 e. The molecule has 0 saturated carbocycles. The second kappa shape index (κ2) is 7.37. The topological polar surface area (TPSA) is 93.5 Å². The maximum absolute atomic E-state index is 11.8. The Hall–Kier alpha value is -2.52. The molecule has 0 atom stereocenters. The number of rotatable bonds is 4. The van der Waals surface area contributed by atoms with E-state index in [1.807, 2.05) is 6.92 Å². The van der Waals surface area contributed by atoms with Gasteiger partial charge in [0.1, 0.15) is 5.00 Å². The van der Waals surface area contributed by atoms with Crippen LogP contribution in [0.15, 0.2) is 24.3 Å². The molecular formula is C15H15N3O4S2. The smallest absolute Gasteiger partial charge is 0.340 e. The molecule has 0 spiro atoms.